The fraction of sp³-hybridized carbons (Fsp3) is 0.562. The minimum Gasteiger partial charge on any atom is -0.369 e. The normalized spacial score (nSPS) is 35.5. The summed E-state index contributed by atoms with van der Waals surface area (Å²) in [5.41, 5.74) is 6.56. The van der Waals surface area contributed by atoms with Crippen LogP contribution in [0.4, 0.5) is 10.1 Å². The highest BCUT2D eigenvalue weighted by Crippen LogP contribution is 2.46. The molecule has 2 atom stereocenters. The van der Waals surface area contributed by atoms with Crippen LogP contribution >= 0.6 is 0 Å². The average Bonchev–Trinajstić information content (AvgIpc) is 2.87. The highest BCUT2D eigenvalue weighted by Gasteiger charge is 2.53. The van der Waals surface area contributed by atoms with Gasteiger partial charge in [-0.2, -0.15) is 0 Å². The van der Waals surface area contributed by atoms with Gasteiger partial charge in [0.1, 0.15) is 5.82 Å². The van der Waals surface area contributed by atoms with E-state index in [1.54, 1.807) is 6.07 Å². The van der Waals surface area contributed by atoms with Crippen molar-refractivity contribution in [2.75, 3.05) is 18.5 Å². The molecule has 0 aliphatic carbocycles. The lowest BCUT2D eigenvalue weighted by atomic mass is 9.82. The molecule has 3 heterocycles. The molecule has 112 valence electrons. The number of aliphatic imine (C=N–C) groups is 1. The molecule has 1 spiro atoms. The first-order chi connectivity index (χ1) is 10.1. The zero-order valence-corrected chi connectivity index (χ0v) is 12.3. The van der Waals surface area contributed by atoms with Crippen LogP contribution in [0.15, 0.2) is 29.3 Å². The Labute approximate surface area is 124 Å². The van der Waals surface area contributed by atoms with Gasteiger partial charge in [0, 0.05) is 12.1 Å². The molecule has 5 heteroatoms. The third-order valence-corrected chi connectivity index (χ3v) is 5.55. The maximum Gasteiger partial charge on any atom is 0.196 e. The third kappa shape index (κ3) is 1.80. The molecule has 2 saturated heterocycles. The zero-order chi connectivity index (χ0) is 14.6. The van der Waals surface area contributed by atoms with Crippen molar-refractivity contribution in [2.24, 2.45) is 10.7 Å². The summed E-state index contributed by atoms with van der Waals surface area (Å²) in [5.74, 6) is 0.243. The van der Waals surface area contributed by atoms with E-state index in [2.05, 4.69) is 16.9 Å². The van der Waals surface area contributed by atoms with Gasteiger partial charge in [-0.25, -0.2) is 4.39 Å². The number of hydrogen-bond donors (Lipinski definition) is 1. The average molecular weight is 288 g/mol. The number of nitrogens with two attached hydrogens (primary N) is 1. The van der Waals surface area contributed by atoms with E-state index in [1.807, 2.05) is 17.0 Å². The van der Waals surface area contributed by atoms with Gasteiger partial charge in [-0.1, -0.05) is 12.1 Å². The first-order valence-electron chi connectivity index (χ1n) is 7.67. The van der Waals surface area contributed by atoms with Gasteiger partial charge in [0.2, 0.25) is 0 Å². The maximum absolute atomic E-state index is 14.3. The van der Waals surface area contributed by atoms with Gasteiger partial charge < -0.3 is 15.5 Å². The van der Waals surface area contributed by atoms with Crippen LogP contribution in [0.2, 0.25) is 0 Å². The molecular formula is C16H21FN4. The van der Waals surface area contributed by atoms with Crippen molar-refractivity contribution >= 4 is 11.6 Å². The number of halogens is 1. The highest BCUT2D eigenvalue weighted by molar-refractivity contribution is 5.98. The van der Waals surface area contributed by atoms with E-state index in [9.17, 15) is 4.39 Å². The topological polar surface area (TPSA) is 44.9 Å². The smallest absolute Gasteiger partial charge is 0.196 e. The molecule has 4 rings (SSSR count). The lowest BCUT2D eigenvalue weighted by Crippen LogP contribution is -2.60. The molecule has 3 aliphatic heterocycles. The molecule has 0 radical (unpaired) electrons. The molecule has 0 saturated carbocycles. The Morgan fingerprint density at radius 3 is 2.57 bits per heavy atom. The van der Waals surface area contributed by atoms with Gasteiger partial charge in [-0.3, -0.25) is 4.99 Å². The van der Waals surface area contributed by atoms with E-state index in [1.165, 1.54) is 18.9 Å². The van der Waals surface area contributed by atoms with Gasteiger partial charge in [-0.05, 0) is 44.9 Å². The summed E-state index contributed by atoms with van der Waals surface area (Å²) in [7, 11) is 2.21. The Morgan fingerprint density at radius 1 is 1.24 bits per heavy atom. The Hall–Kier alpha value is -1.62. The molecule has 1 aromatic carbocycles. The second kappa shape index (κ2) is 4.44. The lowest BCUT2D eigenvalue weighted by Gasteiger charge is -2.48. The minimum atomic E-state index is -0.219. The minimum absolute atomic E-state index is 0.134. The van der Waals surface area contributed by atoms with Gasteiger partial charge >= 0.3 is 0 Å². The van der Waals surface area contributed by atoms with Crippen LogP contribution in [0, 0.1) is 5.82 Å². The van der Waals surface area contributed by atoms with Crippen LogP contribution in [0.1, 0.15) is 25.7 Å². The van der Waals surface area contributed by atoms with E-state index >= 15 is 0 Å². The first-order valence-corrected chi connectivity index (χ1v) is 7.67. The molecule has 0 amide bonds. The Morgan fingerprint density at radius 2 is 1.90 bits per heavy atom. The first kappa shape index (κ1) is 13.1. The van der Waals surface area contributed by atoms with Crippen LogP contribution in [-0.4, -0.2) is 42.1 Å². The number of para-hydroxylation sites is 1. The van der Waals surface area contributed by atoms with Crippen LogP contribution in [0.5, 0.6) is 0 Å². The van der Waals surface area contributed by atoms with Crippen molar-refractivity contribution in [3.05, 3.63) is 30.1 Å². The fourth-order valence-electron chi connectivity index (χ4n) is 4.48. The number of rotatable bonds is 1. The molecule has 2 unspecified atom stereocenters. The number of benzene rings is 1. The Balaban J connectivity index is 1.75. The van der Waals surface area contributed by atoms with Crippen LogP contribution in [-0.2, 0) is 0 Å². The molecule has 2 N–H and O–H groups in total. The summed E-state index contributed by atoms with van der Waals surface area (Å²) in [4.78, 5) is 8.93. The SMILES string of the molecule is CN1C2CCC1CC1(CN=C(N)N1c1ccccc1F)C2. The second-order valence-corrected chi connectivity index (χ2v) is 6.64. The molecule has 21 heavy (non-hydrogen) atoms. The number of anilines is 1. The highest BCUT2D eigenvalue weighted by atomic mass is 19.1. The number of nitrogens with zero attached hydrogens (tertiary/aromatic N) is 3. The fourth-order valence-corrected chi connectivity index (χ4v) is 4.48. The number of hydrogen-bond acceptors (Lipinski definition) is 4. The van der Waals surface area contributed by atoms with Gasteiger partial charge in [0.25, 0.3) is 0 Å². The Bertz CT molecular complexity index is 586. The van der Waals surface area contributed by atoms with Crippen molar-refractivity contribution < 1.29 is 4.39 Å². The van der Waals surface area contributed by atoms with Crippen molar-refractivity contribution in [1.29, 1.82) is 0 Å². The van der Waals surface area contributed by atoms with Crippen molar-refractivity contribution in [3.8, 4) is 0 Å². The van der Waals surface area contributed by atoms with Gasteiger partial charge in [-0.15, -0.1) is 0 Å². The number of fused-ring (bicyclic) bond motifs is 2. The standard InChI is InChI=1S/C16H21FN4/c1-20-11-6-7-12(20)9-16(8-11)10-19-15(18)21(16)14-5-3-2-4-13(14)17/h2-5,11-12H,6-10H2,1H3,(H2,18,19). The predicted molar refractivity (Wildman–Crippen MR) is 81.9 cm³/mol. The quantitative estimate of drug-likeness (QED) is 0.859. The van der Waals surface area contributed by atoms with Crippen molar-refractivity contribution in [3.63, 3.8) is 0 Å². The van der Waals surface area contributed by atoms with E-state index in [-0.39, 0.29) is 11.4 Å². The summed E-state index contributed by atoms with van der Waals surface area (Å²) < 4.78 is 14.3. The van der Waals surface area contributed by atoms with Gasteiger partial charge in [0.05, 0.1) is 17.8 Å². The number of guanidine groups is 1. The third-order valence-electron chi connectivity index (χ3n) is 5.55. The predicted octanol–water partition coefficient (Wildman–Crippen LogP) is 1.96. The number of piperidine rings is 1. The van der Waals surface area contributed by atoms with Crippen LogP contribution in [0.3, 0.4) is 0 Å². The van der Waals surface area contributed by atoms with Crippen LogP contribution < -0.4 is 10.6 Å². The van der Waals surface area contributed by atoms with E-state index in [4.69, 9.17) is 5.73 Å². The van der Waals surface area contributed by atoms with Crippen LogP contribution in [0.25, 0.3) is 0 Å². The summed E-state index contributed by atoms with van der Waals surface area (Å²) in [6.45, 7) is 0.688. The summed E-state index contributed by atoms with van der Waals surface area (Å²) in [5, 5.41) is 0. The van der Waals surface area contributed by atoms with E-state index < -0.39 is 0 Å². The molecule has 4 nitrogen and oxygen atoms in total. The maximum atomic E-state index is 14.3. The molecule has 2 bridgehead atoms. The van der Waals surface area contributed by atoms with Gasteiger partial charge in [0.15, 0.2) is 5.96 Å². The monoisotopic (exact) mass is 288 g/mol. The summed E-state index contributed by atoms with van der Waals surface area (Å²) >= 11 is 0. The van der Waals surface area contributed by atoms with E-state index in [0.717, 1.165) is 12.8 Å². The lowest BCUT2D eigenvalue weighted by molar-refractivity contribution is 0.122. The van der Waals surface area contributed by atoms with Crippen molar-refractivity contribution in [2.45, 2.75) is 43.3 Å². The summed E-state index contributed by atoms with van der Waals surface area (Å²) in [6, 6.07) is 8.02. The molecular weight excluding hydrogens is 267 g/mol. The zero-order valence-electron chi connectivity index (χ0n) is 12.3. The summed E-state index contributed by atoms with van der Waals surface area (Å²) in [6.07, 6.45) is 4.49. The molecule has 3 aliphatic rings. The molecule has 0 aromatic heterocycles. The largest absolute Gasteiger partial charge is 0.369 e. The molecule has 2 fully saturated rings. The molecule has 1 aromatic rings. The van der Waals surface area contributed by atoms with E-state index in [0.29, 0.717) is 30.3 Å². The Kier molecular flexibility index (Phi) is 2.76. The van der Waals surface area contributed by atoms with Crippen molar-refractivity contribution in [1.82, 2.24) is 4.90 Å². The second-order valence-electron chi connectivity index (χ2n) is 6.64.